The minimum atomic E-state index is 0.124. The molecule has 7 heteroatoms. The van der Waals surface area contributed by atoms with Crippen LogP contribution in [0.25, 0.3) is 20.8 Å². The summed E-state index contributed by atoms with van der Waals surface area (Å²) >= 11 is 4.96. The van der Waals surface area contributed by atoms with Gasteiger partial charge in [0.05, 0.1) is 20.9 Å². The molecule has 1 fully saturated rings. The van der Waals surface area contributed by atoms with Gasteiger partial charge in [-0.05, 0) is 43.3 Å². The highest BCUT2D eigenvalue weighted by atomic mass is 32.1. The van der Waals surface area contributed by atoms with Gasteiger partial charge in [-0.1, -0.05) is 12.1 Å². The van der Waals surface area contributed by atoms with Gasteiger partial charge in [0.2, 0.25) is 0 Å². The molecule has 1 aromatic carbocycles. The van der Waals surface area contributed by atoms with E-state index < -0.39 is 0 Å². The number of likely N-dealkylation sites (tertiary alicyclic amines) is 1. The zero-order chi connectivity index (χ0) is 19.1. The van der Waals surface area contributed by atoms with Gasteiger partial charge in [-0.3, -0.25) is 4.79 Å². The van der Waals surface area contributed by atoms with E-state index in [1.165, 1.54) is 21.0 Å². The maximum atomic E-state index is 13.1. The van der Waals surface area contributed by atoms with Gasteiger partial charge >= 0.3 is 0 Å². The third kappa shape index (κ3) is 3.27. The molecule has 0 spiro atoms. The molecule has 142 valence electrons. The van der Waals surface area contributed by atoms with E-state index in [1.807, 2.05) is 23.3 Å². The summed E-state index contributed by atoms with van der Waals surface area (Å²) in [6.07, 6.45) is 1.95. The molecule has 1 aliphatic rings. The summed E-state index contributed by atoms with van der Waals surface area (Å²) < 4.78 is 1.25. The number of fused-ring (bicyclic) bond motifs is 1. The van der Waals surface area contributed by atoms with Gasteiger partial charge < -0.3 is 4.90 Å². The highest BCUT2D eigenvalue weighted by molar-refractivity contribution is 7.18. The van der Waals surface area contributed by atoms with Crippen LogP contribution in [0.4, 0.5) is 0 Å². The Morgan fingerprint density at radius 1 is 1.11 bits per heavy atom. The van der Waals surface area contributed by atoms with E-state index in [0.29, 0.717) is 5.92 Å². The van der Waals surface area contributed by atoms with E-state index >= 15 is 0 Å². The van der Waals surface area contributed by atoms with Gasteiger partial charge in [-0.25, -0.2) is 9.97 Å². The third-order valence-corrected chi connectivity index (χ3v) is 8.28. The molecule has 4 nitrogen and oxygen atoms in total. The molecule has 1 saturated heterocycles. The van der Waals surface area contributed by atoms with Gasteiger partial charge in [0.25, 0.3) is 5.91 Å². The Labute approximate surface area is 175 Å². The van der Waals surface area contributed by atoms with Crippen molar-refractivity contribution in [3.8, 4) is 10.6 Å². The molecule has 28 heavy (non-hydrogen) atoms. The predicted molar refractivity (Wildman–Crippen MR) is 118 cm³/mol. The van der Waals surface area contributed by atoms with E-state index in [4.69, 9.17) is 4.98 Å². The molecule has 4 aromatic rings. The number of amides is 1. The van der Waals surface area contributed by atoms with Gasteiger partial charge in [-0.15, -0.1) is 22.7 Å². The summed E-state index contributed by atoms with van der Waals surface area (Å²) in [6, 6.07) is 10.4. The largest absolute Gasteiger partial charge is 0.338 e. The van der Waals surface area contributed by atoms with Gasteiger partial charge in [-0.2, -0.15) is 11.3 Å². The number of carbonyl (C=O) groups is 1. The first-order valence-electron chi connectivity index (χ1n) is 9.34. The van der Waals surface area contributed by atoms with Crippen molar-refractivity contribution in [2.45, 2.75) is 25.7 Å². The predicted octanol–water partition coefficient (Wildman–Crippen LogP) is 5.81. The molecule has 1 aliphatic heterocycles. The number of aryl methyl sites for hydroxylation is 1. The number of thiophene rings is 1. The lowest BCUT2D eigenvalue weighted by molar-refractivity contribution is 0.0717. The molecule has 1 amide bonds. The molecule has 0 atom stereocenters. The molecule has 0 N–H and O–H groups in total. The van der Waals surface area contributed by atoms with Crippen LogP contribution in [0.2, 0.25) is 0 Å². The zero-order valence-corrected chi connectivity index (χ0v) is 17.9. The Balaban J connectivity index is 1.29. The molecule has 0 bridgehead atoms. The lowest BCUT2D eigenvalue weighted by Gasteiger charge is -2.30. The summed E-state index contributed by atoms with van der Waals surface area (Å²) in [7, 11) is 0. The van der Waals surface area contributed by atoms with Gasteiger partial charge in [0, 0.05) is 30.0 Å². The van der Waals surface area contributed by atoms with Crippen LogP contribution in [-0.4, -0.2) is 33.9 Å². The van der Waals surface area contributed by atoms with Crippen molar-refractivity contribution < 1.29 is 4.79 Å². The number of hydrogen-bond acceptors (Lipinski definition) is 6. The molecule has 4 heterocycles. The number of para-hydroxylation sites is 1. The van der Waals surface area contributed by atoms with E-state index in [2.05, 4.69) is 34.6 Å². The zero-order valence-electron chi connectivity index (χ0n) is 15.4. The number of carbonyl (C=O) groups excluding carboxylic acids is 1. The van der Waals surface area contributed by atoms with Crippen LogP contribution in [0.3, 0.4) is 0 Å². The second-order valence-electron chi connectivity index (χ2n) is 7.03. The van der Waals surface area contributed by atoms with Crippen molar-refractivity contribution in [3.63, 3.8) is 0 Å². The Hall–Kier alpha value is -2.09. The fourth-order valence-electron chi connectivity index (χ4n) is 3.64. The SMILES string of the molecule is Cc1nc(-c2ccsc2)sc1C(=O)N1CCC(c2nc3ccccc3s2)CC1. The van der Waals surface area contributed by atoms with E-state index in [1.54, 1.807) is 22.7 Å². The summed E-state index contributed by atoms with van der Waals surface area (Å²) in [4.78, 5) is 25.3. The normalized spacial score (nSPS) is 15.4. The second kappa shape index (κ2) is 7.39. The quantitative estimate of drug-likeness (QED) is 0.416. The molecule has 5 rings (SSSR count). The molecular weight excluding hydrogens is 406 g/mol. The minimum absolute atomic E-state index is 0.124. The van der Waals surface area contributed by atoms with Crippen LogP contribution in [0.15, 0.2) is 41.1 Å². The number of rotatable bonds is 3. The van der Waals surface area contributed by atoms with Crippen molar-refractivity contribution >= 4 is 50.1 Å². The van der Waals surface area contributed by atoms with Crippen LogP contribution in [0.5, 0.6) is 0 Å². The molecule has 0 radical (unpaired) electrons. The first-order chi connectivity index (χ1) is 13.7. The number of benzene rings is 1. The number of piperidine rings is 1. The van der Waals surface area contributed by atoms with Crippen molar-refractivity contribution in [2.75, 3.05) is 13.1 Å². The first-order valence-corrected chi connectivity index (χ1v) is 11.9. The summed E-state index contributed by atoms with van der Waals surface area (Å²) in [5, 5.41) is 6.27. The van der Waals surface area contributed by atoms with Crippen molar-refractivity contribution in [3.05, 3.63) is 56.7 Å². The average Bonchev–Trinajstić information content (AvgIpc) is 3.46. The number of thiazole rings is 2. The average molecular weight is 426 g/mol. The van der Waals surface area contributed by atoms with E-state index in [0.717, 1.165) is 52.6 Å². The first kappa shape index (κ1) is 18.0. The third-order valence-electron chi connectivity index (χ3n) is 5.20. The van der Waals surface area contributed by atoms with Crippen LogP contribution in [0.1, 0.15) is 39.1 Å². The van der Waals surface area contributed by atoms with Crippen LogP contribution in [-0.2, 0) is 0 Å². The number of aromatic nitrogens is 2. The monoisotopic (exact) mass is 425 g/mol. The maximum Gasteiger partial charge on any atom is 0.265 e. The summed E-state index contributed by atoms with van der Waals surface area (Å²) in [5.74, 6) is 0.574. The Morgan fingerprint density at radius 3 is 2.68 bits per heavy atom. The van der Waals surface area contributed by atoms with Gasteiger partial charge in [0.15, 0.2) is 0 Å². The lowest BCUT2D eigenvalue weighted by atomic mass is 9.97. The Morgan fingerprint density at radius 2 is 1.93 bits per heavy atom. The minimum Gasteiger partial charge on any atom is -0.338 e. The second-order valence-corrected chi connectivity index (χ2v) is 9.87. The van der Waals surface area contributed by atoms with E-state index in [-0.39, 0.29) is 5.91 Å². The standard InChI is InChI=1S/C21H19N3OS3/c1-13-18(28-20(22-13)15-8-11-26-12-15)21(25)24-9-6-14(7-10-24)19-23-16-4-2-3-5-17(16)27-19/h2-5,8,11-12,14H,6-7,9-10H2,1H3. The highest BCUT2D eigenvalue weighted by Crippen LogP contribution is 2.35. The lowest BCUT2D eigenvalue weighted by Crippen LogP contribution is -2.37. The Bertz CT molecular complexity index is 1090. The van der Waals surface area contributed by atoms with Crippen LogP contribution >= 0.6 is 34.0 Å². The maximum absolute atomic E-state index is 13.1. The van der Waals surface area contributed by atoms with Crippen molar-refractivity contribution in [1.29, 1.82) is 0 Å². The molecule has 0 saturated carbocycles. The summed E-state index contributed by atoms with van der Waals surface area (Å²) in [6.45, 7) is 3.50. The molecular formula is C21H19N3OS3. The smallest absolute Gasteiger partial charge is 0.265 e. The van der Waals surface area contributed by atoms with Crippen molar-refractivity contribution in [1.82, 2.24) is 14.9 Å². The van der Waals surface area contributed by atoms with Gasteiger partial charge in [0.1, 0.15) is 9.88 Å². The topological polar surface area (TPSA) is 46.1 Å². The number of nitrogens with zero attached hydrogens (tertiary/aromatic N) is 3. The number of hydrogen-bond donors (Lipinski definition) is 0. The molecule has 3 aromatic heterocycles. The Kier molecular flexibility index (Phi) is 4.74. The molecule has 0 aliphatic carbocycles. The fourth-order valence-corrected chi connectivity index (χ4v) is 6.52. The van der Waals surface area contributed by atoms with E-state index in [9.17, 15) is 4.79 Å². The fraction of sp³-hybridized carbons (Fsp3) is 0.286. The van der Waals surface area contributed by atoms with Crippen LogP contribution < -0.4 is 0 Å². The van der Waals surface area contributed by atoms with Crippen LogP contribution in [0, 0.1) is 6.92 Å². The van der Waals surface area contributed by atoms with Crippen molar-refractivity contribution in [2.24, 2.45) is 0 Å². The molecule has 0 unspecified atom stereocenters. The highest BCUT2D eigenvalue weighted by Gasteiger charge is 2.28. The summed E-state index contributed by atoms with van der Waals surface area (Å²) in [5.41, 5.74) is 3.03.